The molecule has 16 heavy (non-hydrogen) atoms. The second-order valence-electron chi connectivity index (χ2n) is 4.24. The Morgan fingerprint density at radius 3 is 2.62 bits per heavy atom. The number of aromatic nitrogens is 2. The molecule has 0 aliphatic heterocycles. The molecule has 0 aromatic carbocycles. The lowest BCUT2D eigenvalue weighted by Gasteiger charge is -2.19. The van der Waals surface area contributed by atoms with Gasteiger partial charge < -0.3 is 10.1 Å². The number of alkyl carbamates (subject to hydrolysis) is 1. The second kappa shape index (κ2) is 4.92. The van der Waals surface area contributed by atoms with Crippen LogP contribution in [0.4, 0.5) is 4.79 Å². The van der Waals surface area contributed by atoms with E-state index in [-0.39, 0.29) is 12.1 Å². The van der Waals surface area contributed by atoms with Crippen molar-refractivity contribution in [1.82, 2.24) is 15.3 Å². The Balaban J connectivity index is 2.53. The van der Waals surface area contributed by atoms with E-state index < -0.39 is 18.5 Å². The van der Waals surface area contributed by atoms with Crippen molar-refractivity contribution in [2.24, 2.45) is 0 Å². The summed E-state index contributed by atoms with van der Waals surface area (Å²) in [5.41, 5.74) is -0.510. The zero-order valence-electron chi connectivity index (χ0n) is 12.6. The van der Waals surface area contributed by atoms with E-state index in [0.717, 1.165) is 0 Å². The molecule has 88 valence electrons. The van der Waals surface area contributed by atoms with Crippen LogP contribution in [-0.4, -0.2) is 21.7 Å². The fourth-order valence-corrected chi connectivity index (χ4v) is 0.911. The highest BCUT2D eigenvalue weighted by Gasteiger charge is 2.15. The summed E-state index contributed by atoms with van der Waals surface area (Å²) in [6, 6.07) is 0. The lowest BCUT2D eigenvalue weighted by molar-refractivity contribution is 0.0522. The van der Waals surface area contributed by atoms with Crippen LogP contribution in [0, 0.1) is 6.85 Å². The van der Waals surface area contributed by atoms with E-state index in [9.17, 15) is 4.79 Å². The Labute approximate surface area is 99.5 Å². The van der Waals surface area contributed by atoms with E-state index in [1.165, 1.54) is 12.4 Å². The van der Waals surface area contributed by atoms with Gasteiger partial charge in [-0.1, -0.05) is 0 Å². The number of hydrogen-bond donors (Lipinski definition) is 1. The number of aryl methyl sites for hydroxylation is 1. The Hall–Kier alpha value is -1.65. The molecule has 0 aliphatic carbocycles. The minimum atomic E-state index is -2.23. The summed E-state index contributed by atoms with van der Waals surface area (Å²) in [7, 11) is 0. The first-order valence-electron chi connectivity index (χ1n) is 6.36. The maximum absolute atomic E-state index is 11.4. The van der Waals surface area contributed by atoms with Gasteiger partial charge in [0.25, 0.3) is 0 Å². The van der Waals surface area contributed by atoms with Crippen molar-refractivity contribution in [3.8, 4) is 0 Å². The van der Waals surface area contributed by atoms with Gasteiger partial charge in [0.05, 0.1) is 6.54 Å². The Morgan fingerprint density at radius 1 is 1.50 bits per heavy atom. The molecule has 1 aromatic rings. The van der Waals surface area contributed by atoms with Gasteiger partial charge in [-0.3, -0.25) is 0 Å². The number of hydrogen-bond acceptors (Lipinski definition) is 4. The summed E-state index contributed by atoms with van der Waals surface area (Å²) in [5, 5.41) is 2.49. The normalized spacial score (nSPS) is 14.6. The summed E-state index contributed by atoms with van der Waals surface area (Å²) in [5.74, 6) is 0.318. The average Bonchev–Trinajstić information content (AvgIpc) is 2.23. The monoisotopic (exact) mass is 226 g/mol. The predicted molar refractivity (Wildman–Crippen MR) is 59.8 cm³/mol. The minimum Gasteiger partial charge on any atom is -0.444 e. The molecule has 0 atom stereocenters. The second-order valence-corrected chi connectivity index (χ2v) is 4.24. The van der Waals surface area contributed by atoms with Crippen LogP contribution in [0.1, 0.15) is 36.3 Å². The average molecular weight is 226 g/mol. The number of nitrogens with zero attached hydrogens (tertiary/aromatic N) is 2. The Kier molecular flexibility index (Phi) is 2.61. The molecular weight excluding hydrogens is 206 g/mol. The molecule has 0 radical (unpaired) electrons. The highest BCUT2D eigenvalue weighted by Crippen LogP contribution is 2.06. The highest BCUT2D eigenvalue weighted by atomic mass is 16.6. The number of ether oxygens (including phenoxy) is 1. The summed E-state index contributed by atoms with van der Waals surface area (Å²) in [6.07, 6.45) is 1.88. The van der Waals surface area contributed by atoms with Crippen LogP contribution in [0.3, 0.4) is 0 Å². The van der Waals surface area contributed by atoms with Gasteiger partial charge in [0, 0.05) is 16.5 Å². The lowest BCUT2D eigenvalue weighted by Crippen LogP contribution is -2.32. The quantitative estimate of drug-likeness (QED) is 0.835. The van der Waals surface area contributed by atoms with Crippen LogP contribution in [-0.2, 0) is 11.3 Å². The topological polar surface area (TPSA) is 64.1 Å². The third-order valence-corrected chi connectivity index (χ3v) is 1.50. The Morgan fingerprint density at radius 2 is 2.12 bits per heavy atom. The number of amides is 1. The zero-order chi connectivity index (χ0) is 14.7. The van der Waals surface area contributed by atoms with E-state index in [1.54, 1.807) is 20.8 Å². The van der Waals surface area contributed by atoms with Crippen LogP contribution < -0.4 is 5.32 Å². The smallest absolute Gasteiger partial charge is 0.408 e. The highest BCUT2D eigenvalue weighted by molar-refractivity contribution is 5.67. The molecule has 1 amide bonds. The third kappa shape index (κ3) is 4.72. The molecule has 5 nitrogen and oxygen atoms in total. The summed E-state index contributed by atoms with van der Waals surface area (Å²) < 4.78 is 26.6. The van der Waals surface area contributed by atoms with Crippen molar-refractivity contribution < 1.29 is 13.6 Å². The van der Waals surface area contributed by atoms with Crippen molar-refractivity contribution in [2.45, 2.75) is 39.8 Å². The van der Waals surface area contributed by atoms with Crippen molar-refractivity contribution in [3.63, 3.8) is 0 Å². The molecule has 0 unspecified atom stereocenters. The lowest BCUT2D eigenvalue weighted by atomic mass is 10.2. The molecule has 0 bridgehead atoms. The molecule has 0 aliphatic rings. The third-order valence-electron chi connectivity index (χ3n) is 1.50. The van der Waals surface area contributed by atoms with E-state index >= 15 is 0 Å². The van der Waals surface area contributed by atoms with Gasteiger partial charge >= 0.3 is 6.09 Å². The fraction of sp³-hybridized carbons (Fsp3) is 0.545. The largest absolute Gasteiger partial charge is 0.444 e. The standard InChI is InChI=1S/C11H17N3O2/c1-8-5-12-9(13-6-8)7-14-10(15)16-11(2,3)4/h5-6H,7H2,1-4H3,(H,14,15)/i1D3. The molecule has 1 rings (SSSR count). The molecule has 5 heteroatoms. The molecule has 0 saturated carbocycles. The van der Waals surface area contributed by atoms with Gasteiger partial charge in [-0.25, -0.2) is 14.8 Å². The van der Waals surface area contributed by atoms with Gasteiger partial charge in [0.1, 0.15) is 11.4 Å². The first-order valence-corrected chi connectivity index (χ1v) is 4.86. The van der Waals surface area contributed by atoms with Crippen molar-refractivity contribution >= 4 is 6.09 Å². The predicted octanol–water partition coefficient (Wildman–Crippen LogP) is 1.81. The summed E-state index contributed by atoms with van der Waals surface area (Å²) in [6.45, 7) is 3.13. The van der Waals surface area contributed by atoms with Crippen molar-refractivity contribution in [1.29, 1.82) is 0 Å². The molecule has 0 saturated heterocycles. The van der Waals surface area contributed by atoms with E-state index in [2.05, 4.69) is 15.3 Å². The first kappa shape index (κ1) is 8.50. The molecule has 1 aromatic heterocycles. The number of nitrogens with one attached hydrogen (secondary N) is 1. The van der Waals surface area contributed by atoms with Crippen LogP contribution in [0.15, 0.2) is 12.4 Å². The number of carbonyl (C=O) groups is 1. The molecule has 1 heterocycles. The van der Waals surface area contributed by atoms with E-state index in [4.69, 9.17) is 8.85 Å². The van der Waals surface area contributed by atoms with Gasteiger partial charge in [-0.05, 0) is 33.2 Å². The molecule has 0 spiro atoms. The molecular formula is C11H17N3O2. The summed E-state index contributed by atoms with van der Waals surface area (Å²) in [4.78, 5) is 19.1. The number of rotatable bonds is 2. The van der Waals surface area contributed by atoms with Crippen LogP contribution in [0.25, 0.3) is 0 Å². The van der Waals surface area contributed by atoms with Crippen molar-refractivity contribution in [3.05, 3.63) is 23.8 Å². The van der Waals surface area contributed by atoms with Gasteiger partial charge in [0.15, 0.2) is 0 Å². The first-order chi connectivity index (χ1) is 8.58. The van der Waals surface area contributed by atoms with Crippen LogP contribution in [0.5, 0.6) is 0 Å². The van der Waals surface area contributed by atoms with Crippen molar-refractivity contribution in [2.75, 3.05) is 0 Å². The SMILES string of the molecule is [2H]C([2H])([2H])c1cnc(CNC(=O)OC(C)(C)C)nc1. The fourth-order valence-electron chi connectivity index (χ4n) is 0.911. The summed E-state index contributed by atoms with van der Waals surface area (Å²) >= 11 is 0. The van der Waals surface area contributed by atoms with Gasteiger partial charge in [-0.2, -0.15) is 0 Å². The Bertz CT molecular complexity index is 438. The van der Waals surface area contributed by atoms with Crippen LogP contribution in [0.2, 0.25) is 0 Å². The van der Waals surface area contributed by atoms with E-state index in [1.807, 2.05) is 0 Å². The maximum Gasteiger partial charge on any atom is 0.408 e. The minimum absolute atomic E-state index is 0.0634. The van der Waals surface area contributed by atoms with Gasteiger partial charge in [0.2, 0.25) is 0 Å². The van der Waals surface area contributed by atoms with Gasteiger partial charge in [-0.15, -0.1) is 0 Å². The van der Waals surface area contributed by atoms with E-state index in [0.29, 0.717) is 5.82 Å². The number of carbonyl (C=O) groups excluding carboxylic acids is 1. The van der Waals surface area contributed by atoms with Crippen LogP contribution >= 0.6 is 0 Å². The molecule has 0 fully saturated rings. The maximum atomic E-state index is 11.4. The molecule has 1 N–H and O–H groups in total. The zero-order valence-corrected chi connectivity index (χ0v) is 9.57.